The minimum Gasteiger partial charge on any atom is -0.497 e. The number of amides is 3. The molecule has 178 valence electrons. The van der Waals surface area contributed by atoms with Gasteiger partial charge in [-0.1, -0.05) is 11.6 Å². The monoisotopic (exact) mass is 485 g/mol. The predicted molar refractivity (Wildman–Crippen MR) is 126 cm³/mol. The van der Waals surface area contributed by atoms with E-state index >= 15 is 0 Å². The van der Waals surface area contributed by atoms with Gasteiger partial charge in [-0.25, -0.2) is 4.79 Å². The Bertz CT molecular complexity index is 1270. The SMILES string of the molecule is CNC(=O)NC(=O)[C@@H](C)OC(=O)Cc1c(C)n(C(=O)c2ccc(Cl)cc2)c2ccc(OC)cc12. The molecule has 2 aromatic carbocycles. The van der Waals surface area contributed by atoms with Crippen molar-refractivity contribution < 1.29 is 28.7 Å². The summed E-state index contributed by atoms with van der Waals surface area (Å²) in [4.78, 5) is 49.3. The number of carbonyl (C=O) groups excluding carboxylic acids is 4. The number of urea groups is 1. The van der Waals surface area contributed by atoms with Gasteiger partial charge in [0.25, 0.3) is 11.8 Å². The van der Waals surface area contributed by atoms with Gasteiger partial charge < -0.3 is 14.8 Å². The zero-order chi connectivity index (χ0) is 25.0. The summed E-state index contributed by atoms with van der Waals surface area (Å²) in [7, 11) is 2.88. The molecule has 0 aliphatic heterocycles. The molecule has 0 unspecified atom stereocenters. The van der Waals surface area contributed by atoms with Crippen LogP contribution in [0.1, 0.15) is 28.5 Å². The van der Waals surface area contributed by atoms with Crippen LogP contribution in [0.3, 0.4) is 0 Å². The minimum atomic E-state index is -1.19. The Hall–Kier alpha value is -3.85. The first-order valence-corrected chi connectivity index (χ1v) is 10.7. The lowest BCUT2D eigenvalue weighted by atomic mass is 10.1. The summed E-state index contributed by atoms with van der Waals surface area (Å²) in [5.41, 5.74) is 2.11. The summed E-state index contributed by atoms with van der Waals surface area (Å²) in [6, 6.07) is 11.0. The fraction of sp³-hybridized carbons (Fsp3) is 0.250. The number of carbonyl (C=O) groups is 4. The van der Waals surface area contributed by atoms with Gasteiger partial charge in [-0.2, -0.15) is 0 Å². The van der Waals surface area contributed by atoms with Gasteiger partial charge in [0.2, 0.25) is 0 Å². The van der Waals surface area contributed by atoms with Crippen LogP contribution in [0.25, 0.3) is 10.9 Å². The van der Waals surface area contributed by atoms with Crippen LogP contribution in [0, 0.1) is 6.92 Å². The molecule has 0 fully saturated rings. The number of esters is 1. The number of aromatic nitrogens is 1. The number of imide groups is 1. The first-order chi connectivity index (χ1) is 16.2. The van der Waals surface area contributed by atoms with Crippen LogP contribution >= 0.6 is 11.6 Å². The van der Waals surface area contributed by atoms with E-state index in [1.165, 1.54) is 25.6 Å². The molecule has 0 saturated heterocycles. The summed E-state index contributed by atoms with van der Waals surface area (Å²) >= 11 is 5.95. The van der Waals surface area contributed by atoms with Crippen LogP contribution in [0.4, 0.5) is 4.79 Å². The number of fused-ring (bicyclic) bond motifs is 1. The zero-order valence-electron chi connectivity index (χ0n) is 19.1. The number of hydrogen-bond acceptors (Lipinski definition) is 6. The van der Waals surface area contributed by atoms with Crippen molar-refractivity contribution in [3.8, 4) is 5.75 Å². The second kappa shape index (κ2) is 10.4. The number of halogens is 1. The Kier molecular flexibility index (Phi) is 7.57. The van der Waals surface area contributed by atoms with E-state index in [1.54, 1.807) is 49.4 Å². The Morgan fingerprint density at radius 2 is 1.76 bits per heavy atom. The van der Waals surface area contributed by atoms with Crippen molar-refractivity contribution in [1.82, 2.24) is 15.2 Å². The molecule has 1 heterocycles. The number of nitrogens with zero attached hydrogens (tertiary/aromatic N) is 1. The second-order valence-electron chi connectivity index (χ2n) is 7.47. The Morgan fingerprint density at radius 1 is 1.09 bits per heavy atom. The Labute approximate surface area is 201 Å². The van der Waals surface area contributed by atoms with Crippen LogP contribution < -0.4 is 15.4 Å². The van der Waals surface area contributed by atoms with Crippen molar-refractivity contribution in [3.63, 3.8) is 0 Å². The maximum absolute atomic E-state index is 13.3. The summed E-state index contributed by atoms with van der Waals surface area (Å²) in [6.07, 6.45) is -1.39. The van der Waals surface area contributed by atoms with Crippen molar-refractivity contribution in [2.24, 2.45) is 0 Å². The van der Waals surface area contributed by atoms with Gasteiger partial charge in [0.1, 0.15) is 5.75 Å². The number of methoxy groups -OCH3 is 1. The highest BCUT2D eigenvalue weighted by Crippen LogP contribution is 2.31. The zero-order valence-corrected chi connectivity index (χ0v) is 19.9. The van der Waals surface area contributed by atoms with Crippen molar-refractivity contribution in [2.75, 3.05) is 14.2 Å². The van der Waals surface area contributed by atoms with Gasteiger partial charge in [0, 0.05) is 28.7 Å². The minimum absolute atomic E-state index is 0.200. The van der Waals surface area contributed by atoms with Crippen LogP contribution in [0.15, 0.2) is 42.5 Å². The Balaban J connectivity index is 1.95. The summed E-state index contributed by atoms with van der Waals surface area (Å²) < 4.78 is 12.1. The van der Waals surface area contributed by atoms with Crippen LogP contribution in [-0.2, 0) is 20.7 Å². The van der Waals surface area contributed by atoms with Gasteiger partial charge in [-0.3, -0.25) is 24.3 Å². The molecular formula is C24H24ClN3O6. The molecule has 3 amide bonds. The largest absolute Gasteiger partial charge is 0.497 e. The summed E-state index contributed by atoms with van der Waals surface area (Å²) in [5.74, 6) is -1.19. The van der Waals surface area contributed by atoms with Crippen molar-refractivity contribution >= 4 is 46.3 Å². The molecule has 2 N–H and O–H groups in total. The van der Waals surface area contributed by atoms with E-state index < -0.39 is 24.0 Å². The van der Waals surface area contributed by atoms with Crippen LogP contribution in [0.2, 0.25) is 5.02 Å². The molecule has 3 aromatic rings. The van der Waals surface area contributed by atoms with Crippen LogP contribution in [-0.4, -0.2) is 48.6 Å². The molecule has 1 atom stereocenters. The molecule has 0 spiro atoms. The number of benzene rings is 2. The molecule has 34 heavy (non-hydrogen) atoms. The van der Waals surface area contributed by atoms with Crippen molar-refractivity contribution in [2.45, 2.75) is 26.4 Å². The topological polar surface area (TPSA) is 116 Å². The number of nitrogens with one attached hydrogen (secondary N) is 2. The lowest BCUT2D eigenvalue weighted by Crippen LogP contribution is -2.43. The van der Waals surface area contributed by atoms with Crippen molar-refractivity contribution in [1.29, 1.82) is 0 Å². The number of rotatable bonds is 6. The van der Waals surface area contributed by atoms with Gasteiger partial charge in [-0.15, -0.1) is 0 Å². The summed E-state index contributed by atoms with van der Waals surface area (Å²) in [6.45, 7) is 3.09. The van der Waals surface area contributed by atoms with E-state index in [9.17, 15) is 19.2 Å². The standard InChI is InChI=1S/C24H24ClN3O6/c1-13-18(12-21(29)34-14(2)22(30)27-24(32)26-3)19-11-17(33-4)9-10-20(19)28(13)23(31)15-5-7-16(25)8-6-15/h5-11,14H,12H2,1-4H3,(H2,26,27,30,32)/t14-/m1/s1. The fourth-order valence-corrected chi connectivity index (χ4v) is 3.63. The molecule has 3 rings (SSSR count). The third-order valence-corrected chi connectivity index (χ3v) is 5.55. The fourth-order valence-electron chi connectivity index (χ4n) is 3.51. The molecule has 0 saturated carbocycles. The van der Waals surface area contributed by atoms with E-state index in [0.717, 1.165) is 0 Å². The third kappa shape index (κ3) is 5.20. The lowest BCUT2D eigenvalue weighted by Gasteiger charge is -2.13. The van der Waals surface area contributed by atoms with Crippen molar-refractivity contribution in [3.05, 3.63) is 64.3 Å². The normalized spacial score (nSPS) is 11.6. The average molecular weight is 486 g/mol. The lowest BCUT2D eigenvalue weighted by molar-refractivity contribution is -0.153. The highest BCUT2D eigenvalue weighted by Gasteiger charge is 2.25. The molecule has 1 aromatic heterocycles. The van der Waals surface area contributed by atoms with E-state index in [0.29, 0.717) is 38.5 Å². The molecule has 0 aliphatic rings. The smallest absolute Gasteiger partial charge is 0.321 e. The molecule has 0 bridgehead atoms. The van der Waals surface area contributed by atoms with E-state index in [4.69, 9.17) is 21.1 Å². The van der Waals surface area contributed by atoms with Gasteiger partial charge in [0.05, 0.1) is 19.0 Å². The first-order valence-electron chi connectivity index (χ1n) is 10.4. The van der Waals surface area contributed by atoms with E-state index in [2.05, 4.69) is 10.6 Å². The van der Waals surface area contributed by atoms with Crippen LogP contribution in [0.5, 0.6) is 5.75 Å². The van der Waals surface area contributed by atoms with Gasteiger partial charge in [-0.05, 0) is 61.9 Å². The molecular weight excluding hydrogens is 462 g/mol. The molecule has 0 radical (unpaired) electrons. The van der Waals surface area contributed by atoms with E-state index in [-0.39, 0.29) is 12.3 Å². The third-order valence-electron chi connectivity index (χ3n) is 5.30. The highest BCUT2D eigenvalue weighted by molar-refractivity contribution is 6.30. The predicted octanol–water partition coefficient (Wildman–Crippen LogP) is 3.23. The molecule has 10 heteroatoms. The number of ether oxygens (including phenoxy) is 2. The van der Waals surface area contributed by atoms with Gasteiger partial charge >= 0.3 is 12.0 Å². The quantitative estimate of drug-likeness (QED) is 0.518. The molecule has 0 aliphatic carbocycles. The second-order valence-corrected chi connectivity index (χ2v) is 7.91. The number of hydrogen-bond donors (Lipinski definition) is 2. The highest BCUT2D eigenvalue weighted by atomic mass is 35.5. The van der Waals surface area contributed by atoms with Gasteiger partial charge in [0.15, 0.2) is 6.10 Å². The maximum atomic E-state index is 13.3. The van der Waals surface area contributed by atoms with E-state index in [1.807, 2.05) is 0 Å². The summed E-state index contributed by atoms with van der Waals surface area (Å²) in [5, 5.41) is 5.45. The maximum Gasteiger partial charge on any atom is 0.321 e. The Morgan fingerprint density at radius 3 is 2.38 bits per heavy atom. The average Bonchev–Trinajstić information content (AvgIpc) is 3.09. The molecule has 9 nitrogen and oxygen atoms in total. The first kappa shape index (κ1) is 24.8.